The van der Waals surface area contributed by atoms with Gasteiger partial charge in [-0.05, 0) is 12.1 Å². The van der Waals surface area contributed by atoms with Crippen LogP contribution in [0, 0.1) is 17.5 Å². The molecule has 0 atom stereocenters. The fourth-order valence-electron chi connectivity index (χ4n) is 1.39. The van der Waals surface area contributed by atoms with Crippen molar-refractivity contribution in [2.45, 2.75) is 0 Å². The van der Waals surface area contributed by atoms with Crippen LogP contribution in [0.25, 0.3) is 0 Å². The minimum absolute atomic E-state index is 0.0852. The Kier molecular flexibility index (Phi) is 3.83. The Morgan fingerprint density at radius 3 is 2.40 bits per heavy atom. The van der Waals surface area contributed by atoms with Crippen LogP contribution in [-0.4, -0.2) is 23.0 Å². The summed E-state index contributed by atoms with van der Waals surface area (Å²) in [5.74, 6) is -5.58. The van der Waals surface area contributed by atoms with Crippen molar-refractivity contribution in [2.75, 3.05) is 12.4 Å². The number of carbonyl (C=O) groups is 1. The lowest BCUT2D eigenvalue weighted by molar-refractivity contribution is 0.102. The fraction of sp³-hybridized carbons (Fsp3) is 0.0833. The monoisotopic (exact) mass is 283 g/mol. The molecule has 0 aliphatic rings. The van der Waals surface area contributed by atoms with Crippen molar-refractivity contribution in [1.29, 1.82) is 0 Å². The first kappa shape index (κ1) is 13.8. The summed E-state index contributed by atoms with van der Waals surface area (Å²) < 4.78 is 43.9. The lowest BCUT2D eigenvalue weighted by Gasteiger charge is -2.06. The highest BCUT2D eigenvalue weighted by atomic mass is 19.2. The summed E-state index contributed by atoms with van der Waals surface area (Å²) in [5.41, 5.74) is -0.473. The van der Waals surface area contributed by atoms with E-state index < -0.39 is 28.9 Å². The molecule has 1 heterocycles. The first-order valence-electron chi connectivity index (χ1n) is 5.34. The van der Waals surface area contributed by atoms with Crippen LogP contribution in [0.1, 0.15) is 10.4 Å². The number of anilines is 1. The van der Waals surface area contributed by atoms with Crippen molar-refractivity contribution in [1.82, 2.24) is 9.97 Å². The third kappa shape index (κ3) is 2.68. The topological polar surface area (TPSA) is 64.1 Å². The predicted octanol–water partition coefficient (Wildman–Crippen LogP) is 2.15. The van der Waals surface area contributed by atoms with Crippen molar-refractivity contribution in [3.8, 4) is 6.01 Å². The van der Waals surface area contributed by atoms with Crippen molar-refractivity contribution < 1.29 is 22.7 Å². The number of halogens is 3. The summed E-state index contributed by atoms with van der Waals surface area (Å²) in [6, 6.07) is 1.59. The predicted molar refractivity (Wildman–Crippen MR) is 62.9 cm³/mol. The highest BCUT2D eigenvalue weighted by Crippen LogP contribution is 2.17. The molecule has 8 heteroatoms. The first-order valence-corrected chi connectivity index (χ1v) is 5.34. The molecule has 0 spiro atoms. The average Bonchev–Trinajstić information content (AvgIpc) is 2.45. The van der Waals surface area contributed by atoms with Crippen LogP contribution in [0.5, 0.6) is 6.01 Å². The molecule has 1 aromatic heterocycles. The summed E-state index contributed by atoms with van der Waals surface area (Å²) in [6.07, 6.45) is 2.45. The minimum atomic E-state index is -1.70. The van der Waals surface area contributed by atoms with E-state index >= 15 is 0 Å². The van der Waals surface area contributed by atoms with Crippen molar-refractivity contribution in [3.05, 3.63) is 47.5 Å². The molecular weight excluding hydrogens is 275 g/mol. The van der Waals surface area contributed by atoms with Crippen molar-refractivity contribution in [3.63, 3.8) is 0 Å². The Balaban J connectivity index is 2.21. The van der Waals surface area contributed by atoms with E-state index in [-0.39, 0.29) is 11.7 Å². The van der Waals surface area contributed by atoms with Crippen LogP contribution in [-0.2, 0) is 0 Å². The van der Waals surface area contributed by atoms with Crippen molar-refractivity contribution >= 4 is 11.6 Å². The quantitative estimate of drug-likeness (QED) is 0.877. The minimum Gasteiger partial charge on any atom is -0.467 e. The van der Waals surface area contributed by atoms with Gasteiger partial charge in [0, 0.05) is 0 Å². The van der Waals surface area contributed by atoms with Crippen LogP contribution < -0.4 is 10.1 Å². The van der Waals surface area contributed by atoms with E-state index in [0.29, 0.717) is 6.07 Å². The maximum Gasteiger partial charge on any atom is 0.316 e. The molecule has 1 N–H and O–H groups in total. The van der Waals surface area contributed by atoms with Gasteiger partial charge in [-0.25, -0.2) is 23.1 Å². The second-order valence-corrected chi connectivity index (χ2v) is 3.64. The number of nitrogens with one attached hydrogen (secondary N) is 1. The first-order chi connectivity index (χ1) is 9.52. The fourth-order valence-corrected chi connectivity index (χ4v) is 1.39. The number of ether oxygens (including phenoxy) is 1. The van der Waals surface area contributed by atoms with Gasteiger partial charge in [-0.15, -0.1) is 0 Å². The Bertz CT molecular complexity index is 647. The number of amides is 1. The van der Waals surface area contributed by atoms with Crippen LogP contribution in [0.4, 0.5) is 18.9 Å². The number of hydrogen-bond acceptors (Lipinski definition) is 4. The standard InChI is InChI=1S/C12H8F3N3O2/c1-20-12-16-4-6(5-17-12)18-11(19)7-2-3-8(13)10(15)9(7)14/h2-5H,1H3,(H,18,19). The van der Waals surface area contributed by atoms with Gasteiger partial charge in [0.15, 0.2) is 17.5 Å². The van der Waals surface area contributed by atoms with Gasteiger partial charge in [-0.1, -0.05) is 0 Å². The molecule has 2 rings (SSSR count). The molecule has 1 aromatic carbocycles. The number of methoxy groups -OCH3 is 1. The van der Waals surface area contributed by atoms with E-state index in [1.54, 1.807) is 0 Å². The van der Waals surface area contributed by atoms with E-state index in [2.05, 4.69) is 15.3 Å². The van der Waals surface area contributed by atoms with Crippen molar-refractivity contribution in [2.24, 2.45) is 0 Å². The molecule has 0 unspecified atom stereocenters. The van der Waals surface area contributed by atoms with E-state index in [4.69, 9.17) is 4.74 Å². The molecule has 104 valence electrons. The van der Waals surface area contributed by atoms with Crippen LogP contribution in [0.3, 0.4) is 0 Å². The number of rotatable bonds is 3. The molecule has 1 amide bonds. The van der Waals surface area contributed by atoms with Gasteiger partial charge in [0.2, 0.25) is 0 Å². The second-order valence-electron chi connectivity index (χ2n) is 3.64. The number of nitrogens with zero attached hydrogens (tertiary/aromatic N) is 2. The van der Waals surface area contributed by atoms with Gasteiger partial charge < -0.3 is 10.1 Å². The molecule has 0 radical (unpaired) electrons. The van der Waals surface area contributed by atoms with Gasteiger partial charge in [0.1, 0.15) is 0 Å². The Labute approximate surface area is 111 Å². The number of benzene rings is 1. The summed E-state index contributed by atoms with van der Waals surface area (Å²) in [4.78, 5) is 19.2. The molecule has 0 saturated heterocycles. The Morgan fingerprint density at radius 2 is 1.80 bits per heavy atom. The molecule has 0 saturated carbocycles. The maximum absolute atomic E-state index is 13.4. The lowest BCUT2D eigenvalue weighted by atomic mass is 10.2. The third-order valence-electron chi connectivity index (χ3n) is 2.35. The van der Waals surface area contributed by atoms with E-state index in [1.807, 2.05) is 0 Å². The van der Waals surface area contributed by atoms with Gasteiger partial charge >= 0.3 is 6.01 Å². The van der Waals surface area contributed by atoms with Crippen LogP contribution in [0.15, 0.2) is 24.5 Å². The zero-order valence-corrected chi connectivity index (χ0v) is 10.2. The maximum atomic E-state index is 13.4. The third-order valence-corrected chi connectivity index (χ3v) is 2.35. The molecule has 2 aromatic rings. The van der Waals surface area contributed by atoms with Gasteiger partial charge in [-0.2, -0.15) is 0 Å². The molecule has 0 aliphatic heterocycles. The number of carbonyl (C=O) groups excluding carboxylic acids is 1. The normalized spacial score (nSPS) is 10.2. The largest absolute Gasteiger partial charge is 0.467 e. The van der Waals surface area contributed by atoms with Gasteiger partial charge in [-0.3, -0.25) is 4.79 Å². The van der Waals surface area contributed by atoms with E-state index in [1.165, 1.54) is 19.5 Å². The van der Waals surface area contributed by atoms with Gasteiger partial charge in [0.25, 0.3) is 5.91 Å². The molecule has 5 nitrogen and oxygen atoms in total. The molecule has 0 bridgehead atoms. The van der Waals surface area contributed by atoms with Crippen LogP contribution >= 0.6 is 0 Å². The summed E-state index contributed by atoms with van der Waals surface area (Å²) >= 11 is 0. The highest BCUT2D eigenvalue weighted by Gasteiger charge is 2.19. The smallest absolute Gasteiger partial charge is 0.316 e. The summed E-state index contributed by atoms with van der Waals surface area (Å²) in [5, 5.41) is 2.25. The molecular formula is C12H8F3N3O2. The zero-order chi connectivity index (χ0) is 14.7. The zero-order valence-electron chi connectivity index (χ0n) is 10.2. The molecule has 20 heavy (non-hydrogen) atoms. The molecule has 0 aliphatic carbocycles. The molecule has 0 fully saturated rings. The second kappa shape index (κ2) is 5.55. The Morgan fingerprint density at radius 1 is 1.15 bits per heavy atom. The lowest BCUT2D eigenvalue weighted by Crippen LogP contribution is -2.15. The number of hydrogen-bond donors (Lipinski definition) is 1. The van der Waals surface area contributed by atoms with Gasteiger partial charge in [0.05, 0.1) is 30.8 Å². The average molecular weight is 283 g/mol. The SMILES string of the molecule is COc1ncc(NC(=O)c2ccc(F)c(F)c2F)cn1. The number of aromatic nitrogens is 2. The summed E-state index contributed by atoms with van der Waals surface area (Å²) in [7, 11) is 1.37. The van der Waals surface area contributed by atoms with E-state index in [9.17, 15) is 18.0 Å². The summed E-state index contributed by atoms with van der Waals surface area (Å²) in [6.45, 7) is 0. The Hall–Kier alpha value is -2.64. The van der Waals surface area contributed by atoms with E-state index in [0.717, 1.165) is 6.07 Å². The highest BCUT2D eigenvalue weighted by molar-refractivity contribution is 6.04. The van der Waals surface area contributed by atoms with Crippen LogP contribution in [0.2, 0.25) is 0 Å².